The Kier molecular flexibility index (Phi) is 3.55. The summed E-state index contributed by atoms with van der Waals surface area (Å²) in [6, 6.07) is 3.66. The normalized spacial score (nSPS) is 14.1. The molecule has 0 atom stereocenters. The highest BCUT2D eigenvalue weighted by atomic mass is 16.2. The van der Waals surface area contributed by atoms with Crippen molar-refractivity contribution in [3.05, 3.63) is 35.0 Å². The molecule has 1 amide bonds. The zero-order valence-corrected chi connectivity index (χ0v) is 11.8. The van der Waals surface area contributed by atoms with Crippen LogP contribution >= 0.6 is 0 Å². The molecule has 0 unspecified atom stereocenters. The smallest absolute Gasteiger partial charge is 0.345 e. The van der Waals surface area contributed by atoms with Crippen molar-refractivity contribution in [2.75, 3.05) is 6.54 Å². The summed E-state index contributed by atoms with van der Waals surface area (Å²) < 4.78 is 2.86. The Labute approximate surface area is 121 Å². The lowest BCUT2D eigenvalue weighted by Crippen LogP contribution is -2.32. The maximum Gasteiger partial charge on any atom is 0.345 e. The van der Waals surface area contributed by atoms with Gasteiger partial charge in [0, 0.05) is 37.5 Å². The van der Waals surface area contributed by atoms with Crippen LogP contribution in [0.15, 0.2) is 29.3 Å². The fraction of sp³-hybridized carbons (Fsp3) is 0.429. The average molecular weight is 287 g/mol. The van der Waals surface area contributed by atoms with E-state index in [1.54, 1.807) is 25.5 Å². The van der Waals surface area contributed by atoms with E-state index in [1.165, 1.54) is 9.25 Å². The van der Waals surface area contributed by atoms with Gasteiger partial charge >= 0.3 is 5.69 Å². The fourth-order valence-electron chi connectivity index (χ4n) is 2.15. The first-order valence-electron chi connectivity index (χ1n) is 6.99. The molecule has 1 N–H and O–H groups in total. The van der Waals surface area contributed by atoms with Crippen LogP contribution < -0.4 is 11.0 Å². The van der Waals surface area contributed by atoms with Gasteiger partial charge in [0.25, 0.3) is 0 Å². The molecule has 1 aliphatic rings. The SMILES string of the molecule is Cn1c(-c2cccnc2)nn(CCNC(=O)C2CC2)c1=O. The lowest BCUT2D eigenvalue weighted by molar-refractivity contribution is -0.122. The molecule has 7 heteroatoms. The molecule has 2 aromatic rings. The third-order valence-corrected chi connectivity index (χ3v) is 3.53. The van der Waals surface area contributed by atoms with Crippen molar-refractivity contribution in [1.29, 1.82) is 0 Å². The van der Waals surface area contributed by atoms with Crippen molar-refractivity contribution in [3.8, 4) is 11.4 Å². The number of rotatable bonds is 5. The Morgan fingerprint density at radius 1 is 1.48 bits per heavy atom. The maximum absolute atomic E-state index is 12.1. The van der Waals surface area contributed by atoms with E-state index < -0.39 is 0 Å². The number of carbonyl (C=O) groups excluding carboxylic acids is 1. The van der Waals surface area contributed by atoms with E-state index in [1.807, 2.05) is 6.07 Å². The number of hydrogen-bond acceptors (Lipinski definition) is 4. The number of aromatic nitrogens is 4. The Balaban J connectivity index is 1.71. The number of hydrogen-bond donors (Lipinski definition) is 1. The van der Waals surface area contributed by atoms with Crippen LogP contribution in [0.25, 0.3) is 11.4 Å². The monoisotopic (exact) mass is 287 g/mol. The first kappa shape index (κ1) is 13.5. The molecule has 110 valence electrons. The second-order valence-corrected chi connectivity index (χ2v) is 5.20. The summed E-state index contributed by atoms with van der Waals surface area (Å²) in [4.78, 5) is 27.7. The largest absolute Gasteiger partial charge is 0.354 e. The van der Waals surface area contributed by atoms with Crippen LogP contribution in [0.5, 0.6) is 0 Å². The molecule has 1 aliphatic carbocycles. The Hall–Kier alpha value is -2.44. The summed E-state index contributed by atoms with van der Waals surface area (Å²) in [6.45, 7) is 0.782. The van der Waals surface area contributed by atoms with E-state index >= 15 is 0 Å². The summed E-state index contributed by atoms with van der Waals surface area (Å²) in [5, 5.41) is 7.14. The summed E-state index contributed by atoms with van der Waals surface area (Å²) in [7, 11) is 1.68. The summed E-state index contributed by atoms with van der Waals surface area (Å²) in [5.74, 6) is 0.824. The molecule has 0 spiro atoms. The van der Waals surface area contributed by atoms with Gasteiger partial charge in [-0.2, -0.15) is 0 Å². The number of pyridine rings is 1. The van der Waals surface area contributed by atoms with Gasteiger partial charge in [-0.15, -0.1) is 5.10 Å². The molecule has 1 saturated carbocycles. The predicted molar refractivity (Wildman–Crippen MR) is 76.4 cm³/mol. The molecule has 2 heterocycles. The zero-order valence-electron chi connectivity index (χ0n) is 11.8. The Bertz CT molecular complexity index is 700. The van der Waals surface area contributed by atoms with Gasteiger partial charge in [0.1, 0.15) is 0 Å². The molecule has 0 aromatic carbocycles. The molecular weight excluding hydrogens is 270 g/mol. The van der Waals surface area contributed by atoms with Crippen molar-refractivity contribution < 1.29 is 4.79 Å². The highest BCUT2D eigenvalue weighted by molar-refractivity contribution is 5.80. The van der Waals surface area contributed by atoms with E-state index in [-0.39, 0.29) is 17.5 Å². The predicted octanol–water partition coefficient (Wildman–Crippen LogP) is 0.170. The van der Waals surface area contributed by atoms with Crippen LogP contribution in [0.1, 0.15) is 12.8 Å². The molecule has 1 fully saturated rings. The molecule has 0 bridgehead atoms. The number of amides is 1. The minimum atomic E-state index is -0.200. The summed E-state index contributed by atoms with van der Waals surface area (Å²) >= 11 is 0. The van der Waals surface area contributed by atoms with Crippen molar-refractivity contribution in [3.63, 3.8) is 0 Å². The van der Waals surface area contributed by atoms with E-state index in [2.05, 4.69) is 15.4 Å². The minimum Gasteiger partial charge on any atom is -0.354 e. The van der Waals surface area contributed by atoms with Crippen molar-refractivity contribution in [1.82, 2.24) is 24.6 Å². The van der Waals surface area contributed by atoms with Crippen molar-refractivity contribution in [2.45, 2.75) is 19.4 Å². The van der Waals surface area contributed by atoms with E-state index in [0.717, 1.165) is 18.4 Å². The molecular formula is C14H17N5O2. The van der Waals surface area contributed by atoms with Crippen molar-refractivity contribution in [2.24, 2.45) is 13.0 Å². The maximum atomic E-state index is 12.1. The highest BCUT2D eigenvalue weighted by Crippen LogP contribution is 2.28. The van der Waals surface area contributed by atoms with E-state index in [9.17, 15) is 9.59 Å². The first-order chi connectivity index (χ1) is 10.2. The quantitative estimate of drug-likeness (QED) is 0.850. The third kappa shape index (κ3) is 2.86. The molecule has 21 heavy (non-hydrogen) atoms. The molecule has 3 rings (SSSR count). The number of nitrogens with zero attached hydrogens (tertiary/aromatic N) is 4. The number of carbonyl (C=O) groups is 1. The highest BCUT2D eigenvalue weighted by Gasteiger charge is 2.29. The van der Waals surface area contributed by atoms with Gasteiger partial charge in [0.2, 0.25) is 5.91 Å². The lowest BCUT2D eigenvalue weighted by Gasteiger charge is -2.02. The van der Waals surface area contributed by atoms with Gasteiger partial charge in [-0.25, -0.2) is 9.48 Å². The van der Waals surface area contributed by atoms with Gasteiger partial charge < -0.3 is 5.32 Å². The van der Waals surface area contributed by atoms with Crippen LogP contribution in [0.2, 0.25) is 0 Å². The summed E-state index contributed by atoms with van der Waals surface area (Å²) in [5.41, 5.74) is 0.590. The molecule has 0 radical (unpaired) electrons. The van der Waals surface area contributed by atoms with Crippen LogP contribution in [-0.4, -0.2) is 31.8 Å². The van der Waals surface area contributed by atoms with Crippen LogP contribution in [0, 0.1) is 5.92 Å². The standard InChI is InChI=1S/C14H17N5O2/c1-18-12(11-3-2-6-15-9-11)17-19(14(18)21)8-7-16-13(20)10-4-5-10/h2-3,6,9-10H,4-5,7-8H2,1H3,(H,16,20). The minimum absolute atomic E-state index is 0.0754. The first-order valence-corrected chi connectivity index (χ1v) is 6.99. The average Bonchev–Trinajstić information content (AvgIpc) is 3.31. The van der Waals surface area contributed by atoms with Crippen LogP contribution in [0.4, 0.5) is 0 Å². The zero-order chi connectivity index (χ0) is 14.8. The van der Waals surface area contributed by atoms with E-state index in [4.69, 9.17) is 0 Å². The lowest BCUT2D eigenvalue weighted by atomic mass is 10.3. The summed E-state index contributed by atoms with van der Waals surface area (Å²) in [6.07, 6.45) is 5.29. The third-order valence-electron chi connectivity index (χ3n) is 3.53. The van der Waals surface area contributed by atoms with Gasteiger partial charge in [-0.05, 0) is 25.0 Å². The van der Waals surface area contributed by atoms with Crippen molar-refractivity contribution >= 4 is 5.91 Å². The topological polar surface area (TPSA) is 81.8 Å². The Morgan fingerprint density at radius 2 is 2.29 bits per heavy atom. The molecule has 7 nitrogen and oxygen atoms in total. The van der Waals surface area contributed by atoms with Crippen LogP contribution in [-0.2, 0) is 18.4 Å². The second kappa shape index (κ2) is 5.51. The van der Waals surface area contributed by atoms with Gasteiger partial charge in [0.15, 0.2) is 5.82 Å². The molecule has 2 aromatic heterocycles. The second-order valence-electron chi connectivity index (χ2n) is 5.20. The molecule has 0 saturated heterocycles. The van der Waals surface area contributed by atoms with E-state index in [0.29, 0.717) is 18.9 Å². The molecule has 0 aliphatic heterocycles. The fourth-order valence-corrected chi connectivity index (χ4v) is 2.15. The number of nitrogens with one attached hydrogen (secondary N) is 1. The Morgan fingerprint density at radius 3 is 2.95 bits per heavy atom. The van der Waals surface area contributed by atoms with Gasteiger partial charge in [-0.3, -0.25) is 14.3 Å². The van der Waals surface area contributed by atoms with Gasteiger partial charge in [-0.1, -0.05) is 0 Å². The van der Waals surface area contributed by atoms with Crippen LogP contribution in [0.3, 0.4) is 0 Å². The van der Waals surface area contributed by atoms with Gasteiger partial charge in [0.05, 0.1) is 6.54 Å².